The molecule has 5 nitrogen and oxygen atoms in total. The molecule has 0 spiro atoms. The Bertz CT molecular complexity index is 868. The quantitative estimate of drug-likeness (QED) is 0.642. The molecule has 0 aliphatic carbocycles. The number of benzene rings is 2. The SMILES string of the molecule is Cc1ccc(S(=O)(=O)N2C(=O)OCC2C(Br)CCc2ccccc2)cc1. The van der Waals surface area contributed by atoms with Crippen LogP contribution in [0.2, 0.25) is 0 Å². The van der Waals surface area contributed by atoms with Crippen LogP contribution in [0.25, 0.3) is 0 Å². The first kappa shape index (κ1) is 18.9. The van der Waals surface area contributed by atoms with E-state index in [1.807, 2.05) is 37.3 Å². The number of ether oxygens (including phenoxy) is 1. The Morgan fingerprint density at radius 1 is 1.15 bits per heavy atom. The number of cyclic esters (lactones) is 1. The molecule has 1 heterocycles. The van der Waals surface area contributed by atoms with Gasteiger partial charge in [0.05, 0.1) is 10.9 Å². The first-order chi connectivity index (χ1) is 12.4. The van der Waals surface area contributed by atoms with Gasteiger partial charge in [-0.1, -0.05) is 64.0 Å². The largest absolute Gasteiger partial charge is 0.446 e. The summed E-state index contributed by atoms with van der Waals surface area (Å²) in [5.41, 5.74) is 2.11. The fourth-order valence-electron chi connectivity index (χ4n) is 2.92. The van der Waals surface area contributed by atoms with Crippen LogP contribution in [0.5, 0.6) is 0 Å². The van der Waals surface area contributed by atoms with E-state index in [-0.39, 0.29) is 16.3 Å². The second-order valence-electron chi connectivity index (χ2n) is 6.30. The Morgan fingerprint density at radius 2 is 1.81 bits per heavy atom. The molecule has 7 heteroatoms. The van der Waals surface area contributed by atoms with Gasteiger partial charge in [-0.15, -0.1) is 0 Å². The summed E-state index contributed by atoms with van der Waals surface area (Å²) in [6.45, 7) is 1.93. The number of amides is 1. The van der Waals surface area contributed by atoms with Gasteiger partial charge in [0.2, 0.25) is 0 Å². The molecule has 0 N–H and O–H groups in total. The van der Waals surface area contributed by atoms with Crippen molar-refractivity contribution in [2.75, 3.05) is 6.61 Å². The van der Waals surface area contributed by atoms with Crippen molar-refractivity contribution >= 4 is 32.0 Å². The van der Waals surface area contributed by atoms with Gasteiger partial charge in [-0.25, -0.2) is 13.2 Å². The fourth-order valence-corrected chi connectivity index (χ4v) is 5.21. The van der Waals surface area contributed by atoms with E-state index in [1.165, 1.54) is 12.1 Å². The van der Waals surface area contributed by atoms with Crippen LogP contribution in [0.1, 0.15) is 17.5 Å². The average Bonchev–Trinajstić information content (AvgIpc) is 3.03. The molecular formula is C19H20BrNO4S. The number of alkyl halides is 1. The van der Waals surface area contributed by atoms with Crippen molar-refractivity contribution in [3.63, 3.8) is 0 Å². The van der Waals surface area contributed by atoms with Crippen LogP contribution in [-0.4, -0.2) is 36.3 Å². The number of rotatable bonds is 6. The highest BCUT2D eigenvalue weighted by molar-refractivity contribution is 9.09. The maximum Gasteiger partial charge on any atom is 0.424 e. The lowest BCUT2D eigenvalue weighted by Crippen LogP contribution is -2.43. The molecule has 3 rings (SSSR count). The van der Waals surface area contributed by atoms with Crippen molar-refractivity contribution < 1.29 is 17.9 Å². The van der Waals surface area contributed by atoms with Gasteiger partial charge in [0.1, 0.15) is 6.61 Å². The summed E-state index contributed by atoms with van der Waals surface area (Å²) in [5, 5.41) is 0. The highest BCUT2D eigenvalue weighted by Gasteiger charge is 2.45. The molecule has 1 saturated heterocycles. The van der Waals surface area contributed by atoms with Crippen LogP contribution in [0.15, 0.2) is 59.5 Å². The van der Waals surface area contributed by atoms with E-state index in [0.29, 0.717) is 6.42 Å². The number of hydrogen-bond acceptors (Lipinski definition) is 4. The van der Waals surface area contributed by atoms with Gasteiger partial charge >= 0.3 is 6.09 Å². The third kappa shape index (κ3) is 3.94. The van der Waals surface area contributed by atoms with Crippen molar-refractivity contribution in [3.05, 3.63) is 65.7 Å². The highest BCUT2D eigenvalue weighted by atomic mass is 79.9. The molecule has 138 valence electrons. The van der Waals surface area contributed by atoms with Crippen molar-refractivity contribution in [3.8, 4) is 0 Å². The standard InChI is InChI=1S/C19H20BrNO4S/c1-14-7-10-16(11-8-14)26(23,24)21-18(13-25-19(21)22)17(20)12-9-15-5-3-2-4-6-15/h2-8,10-11,17-18H,9,12-13H2,1H3. The maximum atomic E-state index is 12.9. The Hall–Kier alpha value is -1.86. The summed E-state index contributed by atoms with van der Waals surface area (Å²) in [4.78, 5) is 12.0. The van der Waals surface area contributed by atoms with E-state index in [0.717, 1.165) is 21.9 Å². The molecule has 2 unspecified atom stereocenters. The molecule has 0 aromatic heterocycles. The third-order valence-electron chi connectivity index (χ3n) is 4.41. The first-order valence-corrected chi connectivity index (χ1v) is 10.7. The molecule has 1 fully saturated rings. The lowest BCUT2D eigenvalue weighted by Gasteiger charge is -2.25. The third-order valence-corrected chi connectivity index (χ3v) is 7.28. The topological polar surface area (TPSA) is 63.7 Å². The minimum absolute atomic E-state index is 0.0502. The number of hydrogen-bond donors (Lipinski definition) is 0. The number of carbonyl (C=O) groups excluding carboxylic acids is 1. The summed E-state index contributed by atoms with van der Waals surface area (Å²) < 4.78 is 31.8. The normalized spacial score (nSPS) is 18.6. The highest BCUT2D eigenvalue weighted by Crippen LogP contribution is 2.30. The predicted octanol–water partition coefficient (Wildman–Crippen LogP) is 3.90. The van der Waals surface area contributed by atoms with Gasteiger partial charge < -0.3 is 4.74 Å². The van der Waals surface area contributed by atoms with Gasteiger partial charge in [-0.2, -0.15) is 4.31 Å². The number of aryl methyl sites for hydroxylation is 2. The van der Waals surface area contributed by atoms with Crippen molar-refractivity contribution in [2.45, 2.75) is 35.5 Å². The zero-order valence-corrected chi connectivity index (χ0v) is 16.7. The second-order valence-corrected chi connectivity index (χ2v) is 9.29. The zero-order chi connectivity index (χ0) is 18.7. The summed E-state index contributed by atoms with van der Waals surface area (Å²) in [7, 11) is -3.95. The van der Waals surface area contributed by atoms with Gasteiger partial charge in [-0.3, -0.25) is 0 Å². The van der Waals surface area contributed by atoms with Gasteiger partial charge in [-0.05, 0) is 37.5 Å². The van der Waals surface area contributed by atoms with Crippen molar-refractivity contribution in [1.29, 1.82) is 0 Å². The number of halogens is 1. The fraction of sp³-hybridized carbons (Fsp3) is 0.316. The molecular weight excluding hydrogens is 418 g/mol. The van der Waals surface area contributed by atoms with Crippen LogP contribution < -0.4 is 0 Å². The van der Waals surface area contributed by atoms with Crippen LogP contribution in [0.4, 0.5) is 4.79 Å². The second kappa shape index (κ2) is 7.80. The monoisotopic (exact) mass is 437 g/mol. The molecule has 1 aliphatic heterocycles. The lowest BCUT2D eigenvalue weighted by atomic mass is 10.1. The summed E-state index contributed by atoms with van der Waals surface area (Å²) in [6.07, 6.45) is 0.644. The molecule has 26 heavy (non-hydrogen) atoms. The van der Waals surface area contributed by atoms with Crippen LogP contribution >= 0.6 is 15.9 Å². The van der Waals surface area contributed by atoms with E-state index in [2.05, 4.69) is 15.9 Å². The minimum atomic E-state index is -3.95. The molecule has 1 amide bonds. The zero-order valence-electron chi connectivity index (χ0n) is 14.3. The Morgan fingerprint density at radius 3 is 2.46 bits per heavy atom. The Kier molecular flexibility index (Phi) is 5.67. The van der Waals surface area contributed by atoms with Gasteiger partial charge in [0, 0.05) is 4.83 Å². The molecule has 0 saturated carbocycles. The molecule has 2 aromatic carbocycles. The van der Waals surface area contributed by atoms with Crippen LogP contribution in [0.3, 0.4) is 0 Å². The number of nitrogens with zero attached hydrogens (tertiary/aromatic N) is 1. The Labute approximate surface area is 162 Å². The van der Waals surface area contributed by atoms with Gasteiger partial charge in [0.15, 0.2) is 0 Å². The lowest BCUT2D eigenvalue weighted by molar-refractivity contribution is 0.170. The van der Waals surface area contributed by atoms with E-state index >= 15 is 0 Å². The Balaban J connectivity index is 1.78. The van der Waals surface area contributed by atoms with Gasteiger partial charge in [0.25, 0.3) is 10.0 Å². The van der Waals surface area contributed by atoms with E-state index in [1.54, 1.807) is 12.1 Å². The van der Waals surface area contributed by atoms with E-state index < -0.39 is 22.2 Å². The molecule has 0 radical (unpaired) electrons. The van der Waals surface area contributed by atoms with Crippen LogP contribution in [-0.2, 0) is 21.2 Å². The van der Waals surface area contributed by atoms with Crippen molar-refractivity contribution in [1.82, 2.24) is 4.31 Å². The molecule has 0 bridgehead atoms. The van der Waals surface area contributed by atoms with Crippen molar-refractivity contribution in [2.24, 2.45) is 0 Å². The van der Waals surface area contributed by atoms with E-state index in [9.17, 15) is 13.2 Å². The maximum absolute atomic E-state index is 12.9. The smallest absolute Gasteiger partial charge is 0.424 e. The summed E-state index contributed by atoms with van der Waals surface area (Å²) in [5.74, 6) is 0. The van der Waals surface area contributed by atoms with Crippen LogP contribution in [0, 0.1) is 6.92 Å². The molecule has 2 atom stereocenters. The first-order valence-electron chi connectivity index (χ1n) is 8.35. The molecule has 2 aromatic rings. The number of sulfonamides is 1. The summed E-state index contributed by atoms with van der Waals surface area (Å²) >= 11 is 3.57. The van der Waals surface area contributed by atoms with E-state index in [4.69, 9.17) is 4.74 Å². The minimum Gasteiger partial charge on any atom is -0.446 e. The number of carbonyl (C=O) groups is 1. The average molecular weight is 438 g/mol. The summed E-state index contributed by atoms with van der Waals surface area (Å²) in [6, 6.07) is 15.8. The predicted molar refractivity (Wildman–Crippen MR) is 103 cm³/mol. The molecule has 1 aliphatic rings.